The molecular formula is C19H28IN3O2. The van der Waals surface area contributed by atoms with Crippen molar-refractivity contribution in [1.29, 1.82) is 0 Å². The number of hydrogen-bond donors (Lipinski definition) is 2. The van der Waals surface area contributed by atoms with E-state index >= 15 is 0 Å². The summed E-state index contributed by atoms with van der Waals surface area (Å²) in [5.74, 6) is 1.80. The summed E-state index contributed by atoms with van der Waals surface area (Å²) in [6.07, 6.45) is 4.61. The molecule has 0 aliphatic heterocycles. The molecule has 0 saturated heterocycles. The van der Waals surface area contributed by atoms with Crippen LogP contribution in [0.2, 0.25) is 0 Å². The molecule has 0 radical (unpaired) electrons. The molecule has 25 heavy (non-hydrogen) atoms. The predicted molar refractivity (Wildman–Crippen MR) is 113 cm³/mol. The number of aryl methyl sites for hydroxylation is 1. The molecule has 1 aromatic heterocycles. The molecule has 138 valence electrons. The Balaban J connectivity index is 0.00000312. The van der Waals surface area contributed by atoms with Gasteiger partial charge in [0.15, 0.2) is 5.96 Å². The van der Waals surface area contributed by atoms with Crippen LogP contribution >= 0.6 is 24.0 Å². The van der Waals surface area contributed by atoms with Crippen LogP contribution in [0.25, 0.3) is 0 Å². The lowest BCUT2D eigenvalue weighted by molar-refractivity contribution is 0.203. The second-order valence-electron chi connectivity index (χ2n) is 5.50. The summed E-state index contributed by atoms with van der Waals surface area (Å²) >= 11 is 0. The molecule has 0 atom stereocenters. The third-order valence-electron chi connectivity index (χ3n) is 3.58. The number of hydrogen-bond acceptors (Lipinski definition) is 3. The third kappa shape index (κ3) is 9.50. The average Bonchev–Trinajstić information content (AvgIpc) is 3.13. The summed E-state index contributed by atoms with van der Waals surface area (Å²) in [5.41, 5.74) is 1.35. The van der Waals surface area contributed by atoms with Crippen molar-refractivity contribution in [2.24, 2.45) is 4.99 Å². The van der Waals surface area contributed by atoms with Crippen LogP contribution in [0.3, 0.4) is 0 Å². The maximum atomic E-state index is 5.34. The van der Waals surface area contributed by atoms with E-state index in [2.05, 4.69) is 39.9 Å². The summed E-state index contributed by atoms with van der Waals surface area (Å²) in [5, 5.41) is 6.62. The molecule has 0 spiro atoms. The van der Waals surface area contributed by atoms with Crippen molar-refractivity contribution in [3.63, 3.8) is 0 Å². The van der Waals surface area contributed by atoms with Gasteiger partial charge in [-0.1, -0.05) is 30.3 Å². The third-order valence-corrected chi connectivity index (χ3v) is 3.58. The van der Waals surface area contributed by atoms with Crippen LogP contribution in [0.1, 0.15) is 17.7 Å². The van der Waals surface area contributed by atoms with E-state index in [1.807, 2.05) is 18.2 Å². The fourth-order valence-corrected chi connectivity index (χ4v) is 2.32. The smallest absolute Gasteiger partial charge is 0.191 e. The molecule has 0 fully saturated rings. The van der Waals surface area contributed by atoms with Crippen LogP contribution in [0.5, 0.6) is 0 Å². The molecule has 0 aliphatic carbocycles. The van der Waals surface area contributed by atoms with Gasteiger partial charge in [-0.05, 0) is 30.5 Å². The Morgan fingerprint density at radius 3 is 2.56 bits per heavy atom. The minimum Gasteiger partial charge on any atom is -0.469 e. The zero-order valence-electron chi connectivity index (χ0n) is 14.7. The van der Waals surface area contributed by atoms with E-state index in [9.17, 15) is 0 Å². The summed E-state index contributed by atoms with van der Waals surface area (Å²) < 4.78 is 10.4. The number of ether oxygens (including phenoxy) is 1. The van der Waals surface area contributed by atoms with Crippen LogP contribution < -0.4 is 10.6 Å². The first kappa shape index (κ1) is 21.5. The predicted octanol–water partition coefficient (Wildman–Crippen LogP) is 3.25. The maximum Gasteiger partial charge on any atom is 0.191 e. The maximum absolute atomic E-state index is 5.34. The topological polar surface area (TPSA) is 58.8 Å². The van der Waals surface area contributed by atoms with E-state index in [1.165, 1.54) is 5.56 Å². The molecule has 0 unspecified atom stereocenters. The first-order valence-electron chi connectivity index (χ1n) is 8.46. The molecule has 0 saturated carbocycles. The van der Waals surface area contributed by atoms with Gasteiger partial charge in [0.1, 0.15) is 5.76 Å². The minimum absolute atomic E-state index is 0. The largest absolute Gasteiger partial charge is 0.469 e. The number of rotatable bonds is 10. The zero-order chi connectivity index (χ0) is 16.9. The van der Waals surface area contributed by atoms with Gasteiger partial charge >= 0.3 is 0 Å². The molecule has 1 aromatic carbocycles. The molecule has 6 heteroatoms. The number of benzene rings is 1. The molecule has 2 N–H and O–H groups in total. The van der Waals surface area contributed by atoms with E-state index in [1.54, 1.807) is 13.4 Å². The van der Waals surface area contributed by atoms with E-state index in [4.69, 9.17) is 9.15 Å². The molecule has 0 amide bonds. The van der Waals surface area contributed by atoms with E-state index in [0.717, 1.165) is 50.6 Å². The van der Waals surface area contributed by atoms with Crippen LogP contribution in [-0.4, -0.2) is 39.3 Å². The lowest BCUT2D eigenvalue weighted by Crippen LogP contribution is -2.40. The van der Waals surface area contributed by atoms with Crippen molar-refractivity contribution in [1.82, 2.24) is 10.6 Å². The Morgan fingerprint density at radius 1 is 1.04 bits per heavy atom. The summed E-state index contributed by atoms with van der Waals surface area (Å²) in [7, 11) is 1.70. The Labute approximate surface area is 167 Å². The summed E-state index contributed by atoms with van der Waals surface area (Å²) in [6.45, 7) is 2.97. The normalized spacial score (nSPS) is 11.0. The fraction of sp³-hybridized carbons (Fsp3) is 0.421. The second kappa shape index (κ2) is 13.7. The highest BCUT2D eigenvalue weighted by Gasteiger charge is 2.00. The van der Waals surface area contributed by atoms with Crippen LogP contribution in [0, 0.1) is 0 Å². The number of aliphatic imine (C=N–C) groups is 1. The zero-order valence-corrected chi connectivity index (χ0v) is 17.1. The van der Waals surface area contributed by atoms with Gasteiger partial charge < -0.3 is 19.8 Å². The Kier molecular flexibility index (Phi) is 11.8. The lowest BCUT2D eigenvalue weighted by atomic mass is 10.1. The first-order chi connectivity index (χ1) is 11.9. The molecule has 2 rings (SSSR count). The van der Waals surface area contributed by atoms with E-state index < -0.39 is 0 Å². The highest BCUT2D eigenvalue weighted by molar-refractivity contribution is 14.0. The minimum atomic E-state index is 0. The van der Waals surface area contributed by atoms with Crippen molar-refractivity contribution in [3.05, 3.63) is 60.1 Å². The highest BCUT2D eigenvalue weighted by Crippen LogP contribution is 2.02. The van der Waals surface area contributed by atoms with Crippen molar-refractivity contribution < 1.29 is 9.15 Å². The molecule has 0 bridgehead atoms. The number of methoxy groups -OCH3 is 1. The van der Waals surface area contributed by atoms with Gasteiger partial charge in [-0.3, -0.25) is 4.99 Å². The molecule has 2 aromatic rings. The van der Waals surface area contributed by atoms with Gasteiger partial charge in [0.2, 0.25) is 0 Å². The van der Waals surface area contributed by atoms with Crippen molar-refractivity contribution in [2.75, 3.05) is 33.4 Å². The van der Waals surface area contributed by atoms with Crippen LogP contribution in [-0.2, 0) is 17.6 Å². The van der Waals surface area contributed by atoms with Crippen molar-refractivity contribution >= 4 is 29.9 Å². The van der Waals surface area contributed by atoms with Crippen LogP contribution in [0.4, 0.5) is 0 Å². The number of furan rings is 1. The standard InChI is InChI=1S/C19H27N3O2.HI/c1-23-16-14-22-19(21-13-11-18-10-6-15-24-18)20-12-5-9-17-7-3-2-4-8-17;/h2-4,6-8,10,15H,5,9,11-14,16H2,1H3,(H2,20,21,22);1H. The van der Waals surface area contributed by atoms with Crippen LogP contribution in [0.15, 0.2) is 58.1 Å². The monoisotopic (exact) mass is 457 g/mol. The quantitative estimate of drug-likeness (QED) is 0.249. The Morgan fingerprint density at radius 2 is 1.84 bits per heavy atom. The molecular weight excluding hydrogens is 429 g/mol. The number of nitrogens with one attached hydrogen (secondary N) is 2. The molecule has 1 heterocycles. The van der Waals surface area contributed by atoms with Gasteiger partial charge in [0, 0.05) is 33.2 Å². The van der Waals surface area contributed by atoms with Gasteiger partial charge in [-0.2, -0.15) is 0 Å². The number of guanidine groups is 1. The van der Waals surface area contributed by atoms with E-state index in [-0.39, 0.29) is 24.0 Å². The SMILES string of the molecule is COCCNC(=NCCCc1ccccc1)NCCc1ccco1.I. The molecule has 5 nitrogen and oxygen atoms in total. The number of halogens is 1. The first-order valence-corrected chi connectivity index (χ1v) is 8.46. The Hall–Kier alpha value is -1.54. The molecule has 0 aliphatic rings. The fourth-order valence-electron chi connectivity index (χ4n) is 2.32. The van der Waals surface area contributed by atoms with Crippen molar-refractivity contribution in [3.8, 4) is 0 Å². The van der Waals surface area contributed by atoms with Gasteiger partial charge in [0.25, 0.3) is 0 Å². The van der Waals surface area contributed by atoms with Gasteiger partial charge in [0.05, 0.1) is 12.9 Å². The Bertz CT molecular complexity index is 574. The number of nitrogens with zero attached hydrogens (tertiary/aromatic N) is 1. The highest BCUT2D eigenvalue weighted by atomic mass is 127. The average molecular weight is 457 g/mol. The summed E-state index contributed by atoms with van der Waals surface area (Å²) in [6, 6.07) is 14.4. The van der Waals surface area contributed by atoms with E-state index in [0.29, 0.717) is 6.61 Å². The lowest BCUT2D eigenvalue weighted by Gasteiger charge is -2.12. The van der Waals surface area contributed by atoms with Gasteiger partial charge in [-0.15, -0.1) is 24.0 Å². The van der Waals surface area contributed by atoms with Gasteiger partial charge in [-0.25, -0.2) is 0 Å². The second-order valence-corrected chi connectivity index (χ2v) is 5.50. The van der Waals surface area contributed by atoms with Crippen molar-refractivity contribution in [2.45, 2.75) is 19.3 Å². The summed E-state index contributed by atoms with van der Waals surface area (Å²) in [4.78, 5) is 4.64.